The van der Waals surface area contributed by atoms with Gasteiger partial charge in [-0.05, 0) is 48.9 Å². The van der Waals surface area contributed by atoms with Gasteiger partial charge < -0.3 is 14.8 Å². The maximum Gasteiger partial charge on any atom is 0.349 e. The number of hydrogen-bond acceptors (Lipinski definition) is 5. The Labute approximate surface area is 155 Å². The SMILES string of the molecule is COc1cccc(/C=C(\C#N)C(=O)O[C@H](C)C(=O)Nc2cccc(F)c2)c1. The van der Waals surface area contributed by atoms with Crippen molar-refractivity contribution in [2.45, 2.75) is 13.0 Å². The van der Waals surface area contributed by atoms with Crippen LogP contribution in [0.1, 0.15) is 12.5 Å². The summed E-state index contributed by atoms with van der Waals surface area (Å²) in [6, 6.07) is 13.8. The van der Waals surface area contributed by atoms with Crippen LogP contribution in [0, 0.1) is 17.1 Å². The summed E-state index contributed by atoms with van der Waals surface area (Å²) in [7, 11) is 1.50. The number of esters is 1. The van der Waals surface area contributed by atoms with E-state index >= 15 is 0 Å². The van der Waals surface area contributed by atoms with E-state index in [9.17, 15) is 19.2 Å². The molecule has 0 saturated heterocycles. The molecule has 0 fully saturated rings. The molecule has 0 aliphatic heterocycles. The lowest BCUT2D eigenvalue weighted by atomic mass is 10.1. The van der Waals surface area contributed by atoms with Gasteiger partial charge in [-0.15, -0.1) is 0 Å². The summed E-state index contributed by atoms with van der Waals surface area (Å²) in [4.78, 5) is 24.3. The third-order valence-corrected chi connectivity index (χ3v) is 3.49. The standard InChI is InChI=1S/C20H17FN2O4/c1-13(19(24)23-17-7-4-6-16(21)11-17)27-20(25)15(12-22)9-14-5-3-8-18(10-14)26-2/h3-11,13H,1-2H3,(H,23,24)/b15-9+/t13-/m1/s1. The van der Waals surface area contributed by atoms with E-state index in [-0.39, 0.29) is 11.3 Å². The first-order valence-corrected chi connectivity index (χ1v) is 7.96. The molecule has 1 atom stereocenters. The number of hydrogen-bond donors (Lipinski definition) is 1. The van der Waals surface area contributed by atoms with Gasteiger partial charge in [0, 0.05) is 5.69 Å². The molecule has 0 bridgehead atoms. The molecule has 1 N–H and O–H groups in total. The van der Waals surface area contributed by atoms with Crippen LogP contribution in [0.15, 0.2) is 54.1 Å². The number of nitriles is 1. The predicted molar refractivity (Wildman–Crippen MR) is 97.2 cm³/mol. The van der Waals surface area contributed by atoms with Crippen molar-refractivity contribution in [2.75, 3.05) is 12.4 Å². The number of amides is 1. The van der Waals surface area contributed by atoms with E-state index in [1.54, 1.807) is 30.3 Å². The van der Waals surface area contributed by atoms with Crippen molar-refractivity contribution in [1.29, 1.82) is 5.26 Å². The zero-order chi connectivity index (χ0) is 19.8. The summed E-state index contributed by atoms with van der Waals surface area (Å²) in [5, 5.41) is 11.6. The third kappa shape index (κ3) is 5.68. The first kappa shape index (κ1) is 19.7. The molecule has 0 aliphatic carbocycles. The minimum Gasteiger partial charge on any atom is -0.497 e. The molecule has 2 aromatic carbocycles. The highest BCUT2D eigenvalue weighted by molar-refractivity contribution is 6.01. The van der Waals surface area contributed by atoms with Gasteiger partial charge in [0.1, 0.15) is 23.2 Å². The number of methoxy groups -OCH3 is 1. The van der Waals surface area contributed by atoms with Crippen molar-refractivity contribution in [3.63, 3.8) is 0 Å². The number of nitrogens with zero attached hydrogens (tertiary/aromatic N) is 1. The molecule has 0 unspecified atom stereocenters. The van der Waals surface area contributed by atoms with Crippen LogP contribution in [0.4, 0.5) is 10.1 Å². The van der Waals surface area contributed by atoms with Crippen LogP contribution in [0.5, 0.6) is 5.75 Å². The van der Waals surface area contributed by atoms with Gasteiger partial charge in [-0.3, -0.25) is 4.79 Å². The normalized spacial score (nSPS) is 11.9. The molecule has 0 spiro atoms. The predicted octanol–water partition coefficient (Wildman–Crippen LogP) is 3.31. The molecule has 0 radical (unpaired) electrons. The fourth-order valence-electron chi connectivity index (χ4n) is 2.12. The molecule has 27 heavy (non-hydrogen) atoms. The van der Waals surface area contributed by atoms with Crippen LogP contribution < -0.4 is 10.1 Å². The second-order valence-electron chi connectivity index (χ2n) is 5.49. The maximum atomic E-state index is 13.2. The first-order valence-electron chi connectivity index (χ1n) is 7.96. The molecule has 0 saturated carbocycles. The number of anilines is 1. The molecule has 0 aromatic heterocycles. The molecule has 2 rings (SSSR count). The zero-order valence-electron chi connectivity index (χ0n) is 14.7. The van der Waals surface area contributed by atoms with Crippen LogP contribution in [0.3, 0.4) is 0 Å². The largest absolute Gasteiger partial charge is 0.497 e. The first-order chi connectivity index (χ1) is 12.9. The molecular formula is C20H17FN2O4. The summed E-state index contributed by atoms with van der Waals surface area (Å²) in [6.07, 6.45) is 0.157. The molecule has 1 amide bonds. The quantitative estimate of drug-likeness (QED) is 0.480. The van der Waals surface area contributed by atoms with E-state index in [4.69, 9.17) is 9.47 Å². The van der Waals surface area contributed by atoms with Gasteiger partial charge in [-0.25, -0.2) is 9.18 Å². The molecule has 6 nitrogen and oxygen atoms in total. The molecular weight excluding hydrogens is 351 g/mol. The van der Waals surface area contributed by atoms with Crippen LogP contribution in [-0.2, 0) is 14.3 Å². The summed E-state index contributed by atoms with van der Waals surface area (Å²) in [6.45, 7) is 1.35. The number of benzene rings is 2. The molecule has 0 aliphatic rings. The van der Waals surface area contributed by atoms with Crippen LogP contribution in [0.25, 0.3) is 6.08 Å². The lowest BCUT2D eigenvalue weighted by molar-refractivity contribution is -0.148. The van der Waals surface area contributed by atoms with Crippen molar-refractivity contribution in [3.05, 3.63) is 65.5 Å². The smallest absolute Gasteiger partial charge is 0.349 e. The Morgan fingerprint density at radius 2 is 1.96 bits per heavy atom. The van der Waals surface area contributed by atoms with Gasteiger partial charge in [0.05, 0.1) is 7.11 Å². The Hall–Kier alpha value is -3.66. The van der Waals surface area contributed by atoms with Crippen molar-refractivity contribution in [3.8, 4) is 11.8 Å². The van der Waals surface area contributed by atoms with Crippen LogP contribution in [-0.4, -0.2) is 25.1 Å². The van der Waals surface area contributed by atoms with Gasteiger partial charge in [0.15, 0.2) is 6.10 Å². The summed E-state index contributed by atoms with van der Waals surface area (Å²) < 4.78 is 23.3. The van der Waals surface area contributed by atoms with Gasteiger partial charge in [-0.2, -0.15) is 5.26 Å². The average molecular weight is 368 g/mol. The lowest BCUT2D eigenvalue weighted by Crippen LogP contribution is -2.30. The highest BCUT2D eigenvalue weighted by Gasteiger charge is 2.21. The highest BCUT2D eigenvalue weighted by atomic mass is 19.1. The second-order valence-corrected chi connectivity index (χ2v) is 5.49. The van der Waals surface area contributed by atoms with E-state index in [1.165, 1.54) is 38.3 Å². The minimum atomic E-state index is -1.18. The maximum absolute atomic E-state index is 13.2. The Kier molecular flexibility index (Phi) is 6.67. The minimum absolute atomic E-state index is 0.232. The van der Waals surface area contributed by atoms with Crippen molar-refractivity contribution in [2.24, 2.45) is 0 Å². The highest BCUT2D eigenvalue weighted by Crippen LogP contribution is 2.16. The molecule has 7 heteroatoms. The molecule has 0 heterocycles. The summed E-state index contributed by atoms with van der Waals surface area (Å²) in [5.74, 6) is -1.53. The van der Waals surface area contributed by atoms with Gasteiger partial charge in [0.2, 0.25) is 0 Å². The Balaban J connectivity index is 2.05. The number of carbonyl (C=O) groups is 2. The molecule has 138 valence electrons. The number of rotatable bonds is 6. The summed E-state index contributed by atoms with van der Waals surface area (Å²) >= 11 is 0. The fraction of sp³-hybridized carbons (Fsp3) is 0.150. The van der Waals surface area contributed by atoms with Crippen LogP contribution in [0.2, 0.25) is 0 Å². The monoisotopic (exact) mass is 368 g/mol. The Morgan fingerprint density at radius 1 is 1.22 bits per heavy atom. The van der Waals surface area contributed by atoms with Gasteiger partial charge >= 0.3 is 5.97 Å². The third-order valence-electron chi connectivity index (χ3n) is 3.49. The van der Waals surface area contributed by atoms with Crippen LogP contribution >= 0.6 is 0 Å². The number of ether oxygens (including phenoxy) is 2. The Bertz CT molecular complexity index is 918. The molecule has 2 aromatic rings. The van der Waals surface area contributed by atoms with E-state index < -0.39 is 23.8 Å². The van der Waals surface area contributed by atoms with E-state index in [0.29, 0.717) is 11.3 Å². The van der Waals surface area contributed by atoms with Gasteiger partial charge in [-0.1, -0.05) is 18.2 Å². The van der Waals surface area contributed by atoms with E-state index in [0.717, 1.165) is 6.07 Å². The van der Waals surface area contributed by atoms with E-state index in [2.05, 4.69) is 5.32 Å². The average Bonchev–Trinajstić information content (AvgIpc) is 2.66. The van der Waals surface area contributed by atoms with Crippen molar-refractivity contribution >= 4 is 23.6 Å². The second kappa shape index (κ2) is 9.15. The zero-order valence-corrected chi connectivity index (χ0v) is 14.7. The summed E-state index contributed by atoms with van der Waals surface area (Å²) in [5.41, 5.74) is 0.531. The lowest BCUT2D eigenvalue weighted by Gasteiger charge is -2.13. The van der Waals surface area contributed by atoms with Gasteiger partial charge in [0.25, 0.3) is 5.91 Å². The topological polar surface area (TPSA) is 88.4 Å². The van der Waals surface area contributed by atoms with Crippen molar-refractivity contribution < 1.29 is 23.5 Å². The van der Waals surface area contributed by atoms with E-state index in [1.807, 2.05) is 0 Å². The number of carbonyl (C=O) groups excluding carboxylic acids is 2. The van der Waals surface area contributed by atoms with Crippen molar-refractivity contribution in [1.82, 2.24) is 0 Å². The number of nitrogens with one attached hydrogen (secondary N) is 1. The number of halogens is 1. The Morgan fingerprint density at radius 3 is 2.63 bits per heavy atom. The fourth-order valence-corrected chi connectivity index (χ4v) is 2.12.